The number of carbonyl (C=O) groups excluding carboxylic acids is 2. The van der Waals surface area contributed by atoms with Gasteiger partial charge in [-0.05, 0) is 38.0 Å². The van der Waals surface area contributed by atoms with Crippen LogP contribution in [0.3, 0.4) is 0 Å². The lowest BCUT2D eigenvalue weighted by atomic mass is 10.2. The van der Waals surface area contributed by atoms with E-state index >= 15 is 0 Å². The van der Waals surface area contributed by atoms with Crippen molar-refractivity contribution < 1.29 is 27.5 Å². The van der Waals surface area contributed by atoms with Crippen LogP contribution in [0.15, 0.2) is 23.1 Å². The first kappa shape index (κ1) is 19.6. The van der Waals surface area contributed by atoms with Crippen LogP contribution in [-0.2, 0) is 24.3 Å². The van der Waals surface area contributed by atoms with Crippen molar-refractivity contribution in [2.24, 2.45) is 5.73 Å². The largest absolute Gasteiger partial charge is 0.449 e. The molecule has 1 amide bonds. The van der Waals surface area contributed by atoms with Gasteiger partial charge in [-0.1, -0.05) is 11.6 Å². The summed E-state index contributed by atoms with van der Waals surface area (Å²) in [5.41, 5.74) is 4.97. The maximum absolute atomic E-state index is 12.4. The molecule has 0 bridgehead atoms. The molecule has 1 heterocycles. The summed E-state index contributed by atoms with van der Waals surface area (Å²) in [6, 6.07) is 3.67. The molecule has 1 aliphatic rings. The molecule has 1 aromatic carbocycles. The van der Waals surface area contributed by atoms with Crippen LogP contribution in [-0.4, -0.2) is 45.7 Å². The van der Waals surface area contributed by atoms with E-state index in [-0.39, 0.29) is 28.1 Å². The molecule has 0 unspecified atom stereocenters. The molecule has 1 aromatic rings. The molecule has 2 rings (SSSR count). The highest BCUT2D eigenvalue weighted by atomic mass is 35.5. The molecule has 3 N–H and O–H groups in total. The van der Waals surface area contributed by atoms with Crippen LogP contribution in [0, 0.1) is 0 Å². The van der Waals surface area contributed by atoms with Gasteiger partial charge in [0.1, 0.15) is 4.90 Å². The smallest absolute Gasteiger partial charge is 0.338 e. The standard InChI is InChI=1S/C15H19ClN2O6S/c1-9(14(17)19)24-15(20)10-4-5-12(16)13(7-10)25(21,22)18-8-11-3-2-6-23-11/h4-5,7,9,11,18H,2-3,6,8H2,1H3,(H2,17,19)/t9-,11+/m0/s1. The van der Waals surface area contributed by atoms with Gasteiger partial charge in [-0.25, -0.2) is 17.9 Å². The second-order valence-electron chi connectivity index (χ2n) is 5.58. The SMILES string of the molecule is C[C@H](OC(=O)c1ccc(Cl)c(S(=O)(=O)NC[C@H]2CCCO2)c1)C(N)=O. The molecule has 1 saturated heterocycles. The number of carbonyl (C=O) groups is 2. The molecular weight excluding hydrogens is 372 g/mol. The van der Waals surface area contributed by atoms with Gasteiger partial charge in [0, 0.05) is 13.2 Å². The first-order valence-corrected chi connectivity index (χ1v) is 9.48. The van der Waals surface area contributed by atoms with Gasteiger partial charge in [-0.2, -0.15) is 0 Å². The average molecular weight is 391 g/mol. The lowest BCUT2D eigenvalue weighted by Gasteiger charge is -2.14. The van der Waals surface area contributed by atoms with Gasteiger partial charge >= 0.3 is 5.97 Å². The van der Waals surface area contributed by atoms with Crippen molar-refractivity contribution in [2.75, 3.05) is 13.2 Å². The Hall–Kier alpha value is -1.68. The number of nitrogens with one attached hydrogen (secondary N) is 1. The van der Waals surface area contributed by atoms with Crippen molar-refractivity contribution in [2.45, 2.75) is 36.9 Å². The fourth-order valence-corrected chi connectivity index (χ4v) is 3.80. The second kappa shape index (κ2) is 8.13. The van der Waals surface area contributed by atoms with Crippen LogP contribution in [0.25, 0.3) is 0 Å². The third kappa shape index (κ3) is 5.15. The van der Waals surface area contributed by atoms with E-state index in [1.54, 1.807) is 0 Å². The molecule has 8 nitrogen and oxygen atoms in total. The Morgan fingerprint density at radius 1 is 1.48 bits per heavy atom. The van der Waals surface area contributed by atoms with E-state index < -0.39 is 28.0 Å². The van der Waals surface area contributed by atoms with E-state index in [4.69, 9.17) is 26.8 Å². The molecule has 10 heteroatoms. The third-order valence-corrected chi connectivity index (χ3v) is 5.57. The Kier molecular flexibility index (Phi) is 6.39. The highest BCUT2D eigenvalue weighted by Gasteiger charge is 2.24. The molecule has 0 radical (unpaired) electrons. The number of nitrogens with two attached hydrogens (primary N) is 1. The topological polar surface area (TPSA) is 125 Å². The highest BCUT2D eigenvalue weighted by molar-refractivity contribution is 7.89. The quantitative estimate of drug-likeness (QED) is 0.664. The lowest BCUT2D eigenvalue weighted by molar-refractivity contribution is -0.125. The maximum Gasteiger partial charge on any atom is 0.338 e. The predicted molar refractivity (Wildman–Crippen MR) is 89.7 cm³/mol. The molecule has 1 fully saturated rings. The van der Waals surface area contributed by atoms with E-state index in [1.807, 2.05) is 0 Å². The van der Waals surface area contributed by atoms with Gasteiger partial charge in [0.2, 0.25) is 10.0 Å². The summed E-state index contributed by atoms with van der Waals surface area (Å²) in [6.45, 7) is 2.04. The van der Waals surface area contributed by atoms with Crippen LogP contribution in [0.1, 0.15) is 30.1 Å². The first-order chi connectivity index (χ1) is 11.7. The summed E-state index contributed by atoms with van der Waals surface area (Å²) in [7, 11) is -3.94. The number of sulfonamides is 1. The number of benzene rings is 1. The Balaban J connectivity index is 2.16. The van der Waals surface area contributed by atoms with Crippen LogP contribution >= 0.6 is 11.6 Å². The fraction of sp³-hybridized carbons (Fsp3) is 0.467. The van der Waals surface area contributed by atoms with Gasteiger partial charge in [0.05, 0.1) is 16.7 Å². The van der Waals surface area contributed by atoms with Gasteiger partial charge < -0.3 is 15.2 Å². The van der Waals surface area contributed by atoms with Crippen molar-refractivity contribution in [3.8, 4) is 0 Å². The summed E-state index contributed by atoms with van der Waals surface area (Å²) >= 11 is 5.96. The van der Waals surface area contributed by atoms with E-state index in [0.717, 1.165) is 18.9 Å². The first-order valence-electron chi connectivity index (χ1n) is 7.62. The van der Waals surface area contributed by atoms with Crippen molar-refractivity contribution in [3.63, 3.8) is 0 Å². The van der Waals surface area contributed by atoms with Gasteiger partial charge in [-0.15, -0.1) is 0 Å². The molecule has 1 aliphatic heterocycles. The molecule has 0 aromatic heterocycles. The third-order valence-electron chi connectivity index (χ3n) is 3.67. The van der Waals surface area contributed by atoms with Gasteiger partial charge in [0.15, 0.2) is 6.10 Å². The summed E-state index contributed by atoms with van der Waals surface area (Å²) in [5, 5.41) is -0.0423. The van der Waals surface area contributed by atoms with E-state index in [0.29, 0.717) is 6.61 Å². The number of primary amides is 1. The number of halogens is 1. The normalized spacial score (nSPS) is 18.7. The number of esters is 1. The number of hydrogen-bond donors (Lipinski definition) is 2. The summed E-state index contributed by atoms with van der Waals surface area (Å²) in [6.07, 6.45) is 0.333. The van der Waals surface area contributed by atoms with Crippen molar-refractivity contribution >= 4 is 33.5 Å². The summed E-state index contributed by atoms with van der Waals surface area (Å²) < 4.78 is 37.5. The van der Waals surface area contributed by atoms with E-state index in [9.17, 15) is 18.0 Å². The molecular formula is C15H19ClN2O6S. The van der Waals surface area contributed by atoms with E-state index in [1.165, 1.54) is 19.1 Å². The Morgan fingerprint density at radius 3 is 2.80 bits per heavy atom. The molecule has 25 heavy (non-hydrogen) atoms. The van der Waals surface area contributed by atoms with Crippen molar-refractivity contribution in [3.05, 3.63) is 28.8 Å². The molecule has 0 spiro atoms. The van der Waals surface area contributed by atoms with Crippen LogP contribution in [0.4, 0.5) is 0 Å². The average Bonchev–Trinajstić information content (AvgIpc) is 3.06. The van der Waals surface area contributed by atoms with Crippen molar-refractivity contribution in [1.29, 1.82) is 0 Å². The van der Waals surface area contributed by atoms with Crippen molar-refractivity contribution in [1.82, 2.24) is 4.72 Å². The summed E-state index contributed by atoms with van der Waals surface area (Å²) in [4.78, 5) is 22.7. The minimum Gasteiger partial charge on any atom is -0.449 e. The van der Waals surface area contributed by atoms with Crippen LogP contribution in [0.5, 0.6) is 0 Å². The lowest BCUT2D eigenvalue weighted by Crippen LogP contribution is -2.32. The molecule has 138 valence electrons. The Morgan fingerprint density at radius 2 is 2.20 bits per heavy atom. The highest BCUT2D eigenvalue weighted by Crippen LogP contribution is 2.23. The fourth-order valence-electron chi connectivity index (χ4n) is 2.21. The predicted octanol–water partition coefficient (Wildman–Crippen LogP) is 0.828. The minimum absolute atomic E-state index is 0.0423. The maximum atomic E-state index is 12.4. The monoisotopic (exact) mass is 390 g/mol. The number of hydrogen-bond acceptors (Lipinski definition) is 6. The second-order valence-corrected chi connectivity index (χ2v) is 7.72. The summed E-state index contributed by atoms with van der Waals surface area (Å²) in [5.74, 6) is -1.69. The minimum atomic E-state index is -3.94. The van der Waals surface area contributed by atoms with Crippen LogP contribution < -0.4 is 10.5 Å². The molecule has 2 atom stereocenters. The zero-order valence-corrected chi connectivity index (χ0v) is 15.1. The Bertz CT molecular complexity index is 761. The van der Waals surface area contributed by atoms with Gasteiger partial charge in [0.25, 0.3) is 5.91 Å². The number of ether oxygens (including phenoxy) is 2. The zero-order chi connectivity index (χ0) is 18.6. The van der Waals surface area contributed by atoms with Gasteiger partial charge in [-0.3, -0.25) is 4.79 Å². The number of rotatable bonds is 7. The Labute approximate surface area is 150 Å². The van der Waals surface area contributed by atoms with E-state index in [2.05, 4.69) is 4.72 Å². The zero-order valence-electron chi connectivity index (χ0n) is 13.5. The number of amides is 1. The molecule has 0 aliphatic carbocycles. The molecule has 0 saturated carbocycles. The van der Waals surface area contributed by atoms with Crippen LogP contribution in [0.2, 0.25) is 5.02 Å².